The van der Waals surface area contributed by atoms with Crippen LogP contribution in [0.25, 0.3) is 22.2 Å². The first-order valence-electron chi connectivity index (χ1n) is 10.1. The van der Waals surface area contributed by atoms with E-state index in [-0.39, 0.29) is 12.4 Å². The molecule has 4 heteroatoms. The molecule has 3 aromatic carbocycles. The number of hydrogen-bond acceptors (Lipinski definition) is 3. The topological polar surface area (TPSA) is 40.5 Å². The summed E-state index contributed by atoms with van der Waals surface area (Å²) in [6, 6.07) is 26.6. The zero-order valence-electron chi connectivity index (χ0n) is 17.3. The number of rotatable bonds is 7. The Bertz CT molecular complexity index is 1150. The molecule has 4 rings (SSSR count). The van der Waals surface area contributed by atoms with Gasteiger partial charge in [0.05, 0.1) is 25.8 Å². The highest BCUT2D eigenvalue weighted by Crippen LogP contribution is 2.37. The van der Waals surface area contributed by atoms with Gasteiger partial charge in [-0.3, -0.25) is 4.79 Å². The van der Waals surface area contributed by atoms with Crippen molar-refractivity contribution in [2.75, 3.05) is 13.7 Å². The van der Waals surface area contributed by atoms with Gasteiger partial charge >= 0.3 is 5.97 Å². The van der Waals surface area contributed by atoms with Crippen LogP contribution in [0, 0.1) is 0 Å². The Labute approximate surface area is 176 Å². The van der Waals surface area contributed by atoms with E-state index >= 15 is 0 Å². The molecule has 0 spiro atoms. The molecule has 0 saturated heterocycles. The summed E-state index contributed by atoms with van der Waals surface area (Å²) in [5.74, 6) is 0.542. The number of esters is 1. The van der Waals surface area contributed by atoms with E-state index in [2.05, 4.69) is 34.9 Å². The van der Waals surface area contributed by atoms with Crippen molar-refractivity contribution in [2.24, 2.45) is 0 Å². The van der Waals surface area contributed by atoms with Crippen LogP contribution in [0.1, 0.15) is 18.1 Å². The van der Waals surface area contributed by atoms with Crippen molar-refractivity contribution in [3.63, 3.8) is 0 Å². The number of hydrogen-bond donors (Lipinski definition) is 0. The van der Waals surface area contributed by atoms with Crippen molar-refractivity contribution in [2.45, 2.75) is 19.9 Å². The van der Waals surface area contributed by atoms with Crippen molar-refractivity contribution >= 4 is 16.9 Å². The molecule has 0 aliphatic heterocycles. The molecule has 30 heavy (non-hydrogen) atoms. The monoisotopic (exact) mass is 399 g/mol. The number of carbonyl (C=O) groups is 1. The molecule has 0 atom stereocenters. The fourth-order valence-electron chi connectivity index (χ4n) is 3.92. The number of methoxy groups -OCH3 is 1. The number of ether oxygens (including phenoxy) is 2. The van der Waals surface area contributed by atoms with Gasteiger partial charge in [-0.2, -0.15) is 0 Å². The van der Waals surface area contributed by atoms with E-state index in [1.807, 2.05) is 55.5 Å². The molecule has 4 aromatic rings. The molecule has 0 N–H and O–H groups in total. The first-order chi connectivity index (χ1) is 14.7. The van der Waals surface area contributed by atoms with Gasteiger partial charge in [0, 0.05) is 17.4 Å². The zero-order valence-corrected chi connectivity index (χ0v) is 17.3. The average molecular weight is 399 g/mol. The summed E-state index contributed by atoms with van der Waals surface area (Å²) in [6.07, 6.45) is 0.212. The Morgan fingerprint density at radius 1 is 0.933 bits per heavy atom. The van der Waals surface area contributed by atoms with Crippen LogP contribution in [0.15, 0.2) is 78.9 Å². The van der Waals surface area contributed by atoms with Crippen molar-refractivity contribution in [3.05, 3.63) is 90.0 Å². The van der Waals surface area contributed by atoms with Crippen LogP contribution < -0.4 is 4.74 Å². The van der Waals surface area contributed by atoms with E-state index in [1.165, 1.54) is 5.56 Å². The van der Waals surface area contributed by atoms with Crippen LogP contribution in [0.3, 0.4) is 0 Å². The van der Waals surface area contributed by atoms with Gasteiger partial charge in [-0.15, -0.1) is 0 Å². The number of benzene rings is 3. The number of nitrogens with zero attached hydrogens (tertiary/aromatic N) is 1. The van der Waals surface area contributed by atoms with Gasteiger partial charge in [-0.1, -0.05) is 60.7 Å². The molecule has 0 radical (unpaired) electrons. The quantitative estimate of drug-likeness (QED) is 0.387. The largest absolute Gasteiger partial charge is 0.497 e. The lowest BCUT2D eigenvalue weighted by Gasteiger charge is -2.13. The van der Waals surface area contributed by atoms with E-state index in [1.54, 1.807) is 7.11 Å². The maximum absolute atomic E-state index is 12.5. The zero-order chi connectivity index (χ0) is 20.9. The van der Waals surface area contributed by atoms with E-state index in [0.29, 0.717) is 13.2 Å². The number of aromatic nitrogens is 1. The van der Waals surface area contributed by atoms with E-state index in [4.69, 9.17) is 9.47 Å². The van der Waals surface area contributed by atoms with Gasteiger partial charge < -0.3 is 14.0 Å². The highest BCUT2D eigenvalue weighted by atomic mass is 16.5. The Hall–Kier alpha value is -3.53. The van der Waals surface area contributed by atoms with Crippen molar-refractivity contribution in [1.82, 2.24) is 4.57 Å². The summed E-state index contributed by atoms with van der Waals surface area (Å²) in [7, 11) is 1.66. The van der Waals surface area contributed by atoms with Gasteiger partial charge in [0.25, 0.3) is 0 Å². The van der Waals surface area contributed by atoms with Gasteiger partial charge in [0.1, 0.15) is 5.75 Å². The third-order valence-electron chi connectivity index (χ3n) is 5.23. The minimum atomic E-state index is -0.226. The molecule has 0 saturated carbocycles. The summed E-state index contributed by atoms with van der Waals surface area (Å²) >= 11 is 0. The molecular weight excluding hydrogens is 374 g/mol. The van der Waals surface area contributed by atoms with Gasteiger partial charge in [0.15, 0.2) is 0 Å². The predicted octanol–water partition coefficient (Wildman–Crippen LogP) is 5.47. The third kappa shape index (κ3) is 3.94. The predicted molar refractivity (Wildman–Crippen MR) is 120 cm³/mol. The van der Waals surface area contributed by atoms with Crippen molar-refractivity contribution in [1.29, 1.82) is 0 Å². The van der Waals surface area contributed by atoms with Crippen LogP contribution in [0.5, 0.6) is 5.75 Å². The summed E-state index contributed by atoms with van der Waals surface area (Å²) in [6.45, 7) is 2.90. The molecular formula is C26H25NO3. The SMILES string of the molecule is CCOC(=O)Cc1c(-c2ccccc2)n(Cc2ccccc2)c2ccc(OC)cc12. The van der Waals surface area contributed by atoms with Gasteiger partial charge in [0.2, 0.25) is 0 Å². The fourth-order valence-corrected chi connectivity index (χ4v) is 3.92. The Balaban J connectivity index is 1.98. The molecule has 1 heterocycles. The van der Waals surface area contributed by atoms with Crippen LogP contribution in [-0.4, -0.2) is 24.3 Å². The molecule has 4 nitrogen and oxygen atoms in total. The molecule has 152 valence electrons. The first-order valence-corrected chi connectivity index (χ1v) is 10.1. The average Bonchev–Trinajstić information content (AvgIpc) is 3.07. The van der Waals surface area contributed by atoms with Crippen LogP contribution >= 0.6 is 0 Å². The molecule has 0 aliphatic rings. The third-order valence-corrected chi connectivity index (χ3v) is 5.23. The van der Waals surface area contributed by atoms with E-state index in [9.17, 15) is 4.79 Å². The molecule has 1 aromatic heterocycles. The summed E-state index contributed by atoms with van der Waals surface area (Å²) in [5.41, 5.74) is 5.34. The lowest BCUT2D eigenvalue weighted by Crippen LogP contribution is -2.09. The maximum atomic E-state index is 12.5. The summed E-state index contributed by atoms with van der Waals surface area (Å²) < 4.78 is 13.1. The molecule has 0 fully saturated rings. The van der Waals surface area contributed by atoms with Gasteiger partial charge in [-0.25, -0.2) is 0 Å². The molecule has 0 bridgehead atoms. The van der Waals surface area contributed by atoms with Gasteiger partial charge in [-0.05, 0) is 41.8 Å². The van der Waals surface area contributed by atoms with Crippen molar-refractivity contribution < 1.29 is 14.3 Å². The lowest BCUT2D eigenvalue weighted by atomic mass is 10.0. The normalized spacial score (nSPS) is 10.9. The Kier molecular flexibility index (Phi) is 5.84. The molecule has 0 aliphatic carbocycles. The number of fused-ring (bicyclic) bond motifs is 1. The van der Waals surface area contributed by atoms with E-state index < -0.39 is 0 Å². The van der Waals surface area contributed by atoms with Crippen LogP contribution in [0.4, 0.5) is 0 Å². The second-order valence-electron chi connectivity index (χ2n) is 7.13. The second kappa shape index (κ2) is 8.87. The molecule has 0 amide bonds. The smallest absolute Gasteiger partial charge is 0.310 e. The van der Waals surface area contributed by atoms with Crippen LogP contribution in [-0.2, 0) is 22.5 Å². The van der Waals surface area contributed by atoms with Crippen molar-refractivity contribution in [3.8, 4) is 17.0 Å². The Morgan fingerprint density at radius 2 is 1.63 bits per heavy atom. The minimum absolute atomic E-state index is 0.212. The van der Waals surface area contributed by atoms with Crippen LogP contribution in [0.2, 0.25) is 0 Å². The minimum Gasteiger partial charge on any atom is -0.497 e. The first kappa shape index (κ1) is 19.8. The fraction of sp³-hybridized carbons (Fsp3) is 0.192. The summed E-state index contributed by atoms with van der Waals surface area (Å²) in [4.78, 5) is 12.5. The second-order valence-corrected chi connectivity index (χ2v) is 7.13. The summed E-state index contributed by atoms with van der Waals surface area (Å²) in [5, 5.41) is 1.01. The highest BCUT2D eigenvalue weighted by molar-refractivity contribution is 5.96. The lowest BCUT2D eigenvalue weighted by molar-refractivity contribution is -0.142. The van der Waals surface area contributed by atoms with E-state index in [0.717, 1.165) is 33.5 Å². The number of carbonyl (C=O) groups excluding carboxylic acids is 1. The highest BCUT2D eigenvalue weighted by Gasteiger charge is 2.22. The standard InChI is InChI=1S/C26H25NO3/c1-3-30-25(28)17-23-22-16-21(29-2)14-15-24(22)27(18-19-10-6-4-7-11-19)26(23)20-12-8-5-9-13-20/h4-16H,3,17-18H2,1-2H3. The molecule has 0 unspecified atom stereocenters. The maximum Gasteiger partial charge on any atom is 0.310 e. The Morgan fingerprint density at radius 3 is 2.30 bits per heavy atom.